The topological polar surface area (TPSA) is 72.4 Å². The van der Waals surface area contributed by atoms with Crippen LogP contribution in [0.1, 0.15) is 16.1 Å². The number of nitrogens with zero attached hydrogens (tertiary/aromatic N) is 2. The van der Waals surface area contributed by atoms with E-state index in [9.17, 15) is 4.79 Å². The Labute approximate surface area is 98.9 Å². The highest BCUT2D eigenvalue weighted by atomic mass is 16.3. The molecule has 2 rings (SSSR count). The van der Waals surface area contributed by atoms with Gasteiger partial charge in [-0.1, -0.05) is 0 Å². The number of nitrogen functional groups attached to an aromatic ring is 1. The minimum Gasteiger partial charge on any atom is -0.472 e. The summed E-state index contributed by atoms with van der Waals surface area (Å²) in [6.45, 7) is 0.464. The number of anilines is 1. The highest BCUT2D eigenvalue weighted by Crippen LogP contribution is 2.12. The first-order valence-corrected chi connectivity index (χ1v) is 5.15. The van der Waals surface area contributed by atoms with Crippen molar-refractivity contribution in [3.8, 4) is 0 Å². The fourth-order valence-electron chi connectivity index (χ4n) is 1.51. The molecule has 0 aliphatic heterocycles. The SMILES string of the molecule is CN(Cc1ccoc1)C(=O)c1ncccc1N. The van der Waals surface area contributed by atoms with E-state index in [0.29, 0.717) is 12.2 Å². The molecule has 2 N–H and O–H groups in total. The summed E-state index contributed by atoms with van der Waals surface area (Å²) in [4.78, 5) is 17.6. The highest BCUT2D eigenvalue weighted by Gasteiger charge is 2.16. The second-order valence-electron chi connectivity index (χ2n) is 3.73. The van der Waals surface area contributed by atoms with Gasteiger partial charge in [0, 0.05) is 25.4 Å². The lowest BCUT2D eigenvalue weighted by Crippen LogP contribution is -2.27. The first-order valence-electron chi connectivity index (χ1n) is 5.15. The van der Waals surface area contributed by atoms with Gasteiger partial charge in [0.15, 0.2) is 5.69 Å². The summed E-state index contributed by atoms with van der Waals surface area (Å²) in [5.74, 6) is -0.204. The van der Waals surface area contributed by atoms with Crippen LogP contribution in [0.4, 0.5) is 5.69 Å². The standard InChI is InChI=1S/C12H13N3O2/c1-15(7-9-4-6-17-8-9)12(16)11-10(13)3-2-5-14-11/h2-6,8H,7,13H2,1H3. The molecular formula is C12H13N3O2. The van der Waals surface area contributed by atoms with Crippen LogP contribution < -0.4 is 5.73 Å². The predicted molar refractivity (Wildman–Crippen MR) is 63.2 cm³/mol. The molecule has 0 bridgehead atoms. The van der Waals surface area contributed by atoms with E-state index in [2.05, 4.69) is 4.98 Å². The molecule has 2 aromatic heterocycles. The third kappa shape index (κ3) is 2.44. The Kier molecular flexibility index (Phi) is 3.09. The third-order valence-electron chi connectivity index (χ3n) is 2.39. The van der Waals surface area contributed by atoms with E-state index in [-0.39, 0.29) is 11.6 Å². The Balaban J connectivity index is 2.13. The Morgan fingerprint density at radius 1 is 1.53 bits per heavy atom. The lowest BCUT2D eigenvalue weighted by molar-refractivity contribution is 0.0780. The summed E-state index contributed by atoms with van der Waals surface area (Å²) in [6, 6.07) is 5.17. The van der Waals surface area contributed by atoms with E-state index < -0.39 is 0 Å². The lowest BCUT2D eigenvalue weighted by Gasteiger charge is -2.16. The molecule has 5 heteroatoms. The van der Waals surface area contributed by atoms with E-state index in [1.807, 2.05) is 6.07 Å². The van der Waals surface area contributed by atoms with Crippen molar-refractivity contribution in [1.29, 1.82) is 0 Å². The van der Waals surface area contributed by atoms with Gasteiger partial charge in [-0.2, -0.15) is 0 Å². The molecule has 0 aliphatic carbocycles. The average Bonchev–Trinajstić information content (AvgIpc) is 2.81. The van der Waals surface area contributed by atoms with Crippen LogP contribution in [0.25, 0.3) is 0 Å². The third-order valence-corrected chi connectivity index (χ3v) is 2.39. The van der Waals surface area contributed by atoms with Crippen LogP contribution in [0, 0.1) is 0 Å². The molecule has 0 saturated heterocycles. The second kappa shape index (κ2) is 4.69. The molecule has 17 heavy (non-hydrogen) atoms. The van der Waals surface area contributed by atoms with Crippen LogP contribution in [0.3, 0.4) is 0 Å². The van der Waals surface area contributed by atoms with E-state index in [1.54, 1.807) is 42.8 Å². The minimum atomic E-state index is -0.204. The molecule has 0 spiro atoms. The largest absolute Gasteiger partial charge is 0.472 e. The van der Waals surface area contributed by atoms with E-state index >= 15 is 0 Å². The van der Waals surface area contributed by atoms with Crippen LogP contribution in [0.5, 0.6) is 0 Å². The monoisotopic (exact) mass is 231 g/mol. The van der Waals surface area contributed by atoms with Crippen LogP contribution in [0.15, 0.2) is 41.3 Å². The summed E-state index contributed by atoms with van der Waals surface area (Å²) >= 11 is 0. The zero-order valence-electron chi connectivity index (χ0n) is 9.46. The number of aromatic nitrogens is 1. The van der Waals surface area contributed by atoms with E-state index in [0.717, 1.165) is 5.56 Å². The molecule has 0 aromatic carbocycles. The molecule has 0 aliphatic rings. The Morgan fingerprint density at radius 3 is 3.00 bits per heavy atom. The molecule has 1 amide bonds. The number of hydrogen-bond donors (Lipinski definition) is 1. The Morgan fingerprint density at radius 2 is 2.35 bits per heavy atom. The van der Waals surface area contributed by atoms with Gasteiger partial charge in [0.05, 0.1) is 18.2 Å². The van der Waals surface area contributed by atoms with E-state index in [4.69, 9.17) is 10.2 Å². The second-order valence-corrected chi connectivity index (χ2v) is 3.73. The fourth-order valence-corrected chi connectivity index (χ4v) is 1.51. The van der Waals surface area contributed by atoms with Gasteiger partial charge in [0.1, 0.15) is 0 Å². The molecular weight excluding hydrogens is 218 g/mol. The van der Waals surface area contributed by atoms with Crippen molar-refractivity contribution in [1.82, 2.24) is 9.88 Å². The van der Waals surface area contributed by atoms with Crippen LogP contribution in [0.2, 0.25) is 0 Å². The first kappa shape index (κ1) is 11.2. The molecule has 0 atom stereocenters. The van der Waals surface area contributed by atoms with Crippen molar-refractivity contribution >= 4 is 11.6 Å². The summed E-state index contributed by atoms with van der Waals surface area (Å²) in [7, 11) is 1.70. The van der Waals surface area contributed by atoms with Gasteiger partial charge in [0.25, 0.3) is 5.91 Å². The molecule has 0 fully saturated rings. The van der Waals surface area contributed by atoms with Gasteiger partial charge in [-0.05, 0) is 18.2 Å². The Hall–Kier alpha value is -2.30. The maximum atomic E-state index is 12.0. The lowest BCUT2D eigenvalue weighted by atomic mass is 10.2. The quantitative estimate of drug-likeness (QED) is 0.869. The molecule has 0 unspecified atom stereocenters. The average molecular weight is 231 g/mol. The molecule has 5 nitrogen and oxygen atoms in total. The van der Waals surface area contributed by atoms with Crippen LogP contribution in [-0.4, -0.2) is 22.8 Å². The molecule has 2 heterocycles. The summed E-state index contributed by atoms with van der Waals surface area (Å²) < 4.78 is 4.95. The molecule has 0 radical (unpaired) electrons. The van der Waals surface area contributed by atoms with Crippen molar-refractivity contribution in [3.63, 3.8) is 0 Å². The zero-order chi connectivity index (χ0) is 12.3. The molecule has 88 valence electrons. The maximum Gasteiger partial charge on any atom is 0.274 e. The highest BCUT2D eigenvalue weighted by molar-refractivity contribution is 5.96. The number of nitrogens with two attached hydrogens (primary N) is 1. The smallest absolute Gasteiger partial charge is 0.274 e. The van der Waals surface area contributed by atoms with Crippen molar-refractivity contribution in [3.05, 3.63) is 48.2 Å². The number of hydrogen-bond acceptors (Lipinski definition) is 4. The van der Waals surface area contributed by atoms with Crippen molar-refractivity contribution < 1.29 is 9.21 Å². The van der Waals surface area contributed by atoms with Crippen molar-refractivity contribution in [2.24, 2.45) is 0 Å². The van der Waals surface area contributed by atoms with Crippen LogP contribution >= 0.6 is 0 Å². The van der Waals surface area contributed by atoms with Gasteiger partial charge < -0.3 is 15.1 Å². The van der Waals surface area contributed by atoms with Gasteiger partial charge in [0.2, 0.25) is 0 Å². The van der Waals surface area contributed by atoms with Gasteiger partial charge in [-0.25, -0.2) is 4.98 Å². The van der Waals surface area contributed by atoms with E-state index in [1.165, 1.54) is 0 Å². The van der Waals surface area contributed by atoms with Crippen molar-refractivity contribution in [2.45, 2.75) is 6.54 Å². The number of amides is 1. The van der Waals surface area contributed by atoms with Gasteiger partial charge in [-0.15, -0.1) is 0 Å². The number of furan rings is 1. The Bertz CT molecular complexity index is 508. The van der Waals surface area contributed by atoms with Crippen molar-refractivity contribution in [2.75, 3.05) is 12.8 Å². The summed E-state index contributed by atoms with van der Waals surface area (Å²) in [5, 5.41) is 0. The minimum absolute atomic E-state index is 0.204. The predicted octanol–water partition coefficient (Wildman–Crippen LogP) is 1.53. The number of carbonyl (C=O) groups excluding carboxylic acids is 1. The molecule has 0 saturated carbocycles. The first-order chi connectivity index (χ1) is 8.18. The maximum absolute atomic E-state index is 12.0. The fraction of sp³-hybridized carbons (Fsp3) is 0.167. The van der Waals surface area contributed by atoms with Gasteiger partial charge >= 0.3 is 0 Å². The summed E-state index contributed by atoms with van der Waals surface area (Å²) in [5.41, 5.74) is 7.29. The molecule has 2 aromatic rings. The number of pyridine rings is 1. The van der Waals surface area contributed by atoms with Gasteiger partial charge in [-0.3, -0.25) is 4.79 Å². The van der Waals surface area contributed by atoms with Crippen LogP contribution in [-0.2, 0) is 6.54 Å². The normalized spacial score (nSPS) is 10.2. The number of carbonyl (C=O) groups is 1. The zero-order valence-corrected chi connectivity index (χ0v) is 9.46. The number of rotatable bonds is 3. The summed E-state index contributed by atoms with van der Waals surface area (Å²) in [6.07, 6.45) is 4.73.